The Bertz CT molecular complexity index is 2920. The van der Waals surface area contributed by atoms with Crippen LogP contribution in [0.5, 0.6) is 0 Å². The van der Waals surface area contributed by atoms with Crippen molar-refractivity contribution < 1.29 is 0 Å². The molecule has 0 aliphatic heterocycles. The number of hydrogen-bond donors (Lipinski definition) is 0. The van der Waals surface area contributed by atoms with E-state index in [2.05, 4.69) is 0 Å². The first-order chi connectivity index (χ1) is 24.6. The highest BCUT2D eigenvalue weighted by Gasteiger charge is 2.19. The van der Waals surface area contributed by atoms with Crippen molar-refractivity contribution >= 4 is 54.9 Å². The van der Waals surface area contributed by atoms with Crippen LogP contribution in [0.25, 0.3) is 88.8 Å². The van der Waals surface area contributed by atoms with Crippen LogP contribution in [-0.2, 0) is 0 Å². The molecule has 0 fully saturated rings. The van der Waals surface area contributed by atoms with E-state index < -0.39 is 0 Å². The normalized spacial score (nSPS) is 11.8. The van der Waals surface area contributed by atoms with Crippen LogP contribution in [-0.4, -0.2) is 28.7 Å². The summed E-state index contributed by atoms with van der Waals surface area (Å²) >= 11 is 0. The Kier molecular flexibility index (Phi) is 6.01. The van der Waals surface area contributed by atoms with Crippen LogP contribution in [0.3, 0.4) is 0 Å². The van der Waals surface area contributed by atoms with Crippen LogP contribution in [0.1, 0.15) is 0 Å². The van der Waals surface area contributed by atoms with Gasteiger partial charge in [-0.25, -0.2) is 28.7 Å². The Balaban J connectivity index is 1.26. The molecule has 0 unspecified atom stereocenters. The predicted octanol–water partition coefficient (Wildman–Crippen LogP) is 8.11. The van der Waals surface area contributed by atoms with Gasteiger partial charge in [0.25, 0.3) is 11.1 Å². The molecule has 10 rings (SSSR count). The van der Waals surface area contributed by atoms with Crippen molar-refractivity contribution in [3.63, 3.8) is 0 Å². The molecule has 0 spiro atoms. The zero-order valence-electron chi connectivity index (χ0n) is 26.4. The first-order valence-corrected chi connectivity index (χ1v) is 16.2. The molecule has 0 atom stereocenters. The van der Waals surface area contributed by atoms with Crippen LogP contribution in [0.4, 0.5) is 0 Å². The maximum Gasteiger partial charge on any atom is 0.267 e. The third kappa shape index (κ3) is 4.18. The quantitative estimate of drug-likeness (QED) is 0.143. The largest absolute Gasteiger partial charge is 0.268 e. The minimum atomic E-state index is -0.175. The van der Waals surface area contributed by atoms with Crippen molar-refractivity contribution in [3.05, 3.63) is 166 Å². The van der Waals surface area contributed by atoms with Crippen molar-refractivity contribution in [2.75, 3.05) is 0 Å². The number of fused-ring (bicyclic) bond motifs is 8. The Morgan fingerprint density at radius 3 is 1.16 bits per heavy atom. The first kappa shape index (κ1) is 28.0. The summed E-state index contributed by atoms with van der Waals surface area (Å²) in [6, 6.07) is 46.2. The third-order valence-corrected chi connectivity index (χ3v) is 9.30. The van der Waals surface area contributed by atoms with Gasteiger partial charge in [0.15, 0.2) is 11.3 Å². The molecule has 0 aliphatic carbocycles. The number of rotatable bonds is 3. The maximum absolute atomic E-state index is 14.0. The molecule has 0 aliphatic rings. The van der Waals surface area contributed by atoms with E-state index in [1.165, 1.54) is 0 Å². The molecule has 8 heteroatoms. The van der Waals surface area contributed by atoms with E-state index in [1.807, 2.05) is 133 Å². The second-order valence-electron chi connectivity index (χ2n) is 12.3. The summed E-state index contributed by atoms with van der Waals surface area (Å²) in [6.07, 6.45) is 0. The summed E-state index contributed by atoms with van der Waals surface area (Å²) in [7, 11) is 0. The Labute approximate surface area is 283 Å². The Hall–Kier alpha value is -7.06. The van der Waals surface area contributed by atoms with Gasteiger partial charge in [-0.05, 0) is 59.7 Å². The third-order valence-electron chi connectivity index (χ3n) is 9.30. The molecule has 0 N–H and O–H groups in total. The summed E-state index contributed by atoms with van der Waals surface area (Å²) in [6.45, 7) is 0. The van der Waals surface area contributed by atoms with Crippen molar-refractivity contribution in [3.8, 4) is 33.9 Å². The summed E-state index contributed by atoms with van der Waals surface area (Å²) in [4.78, 5) is 48.1. The molecule has 6 aromatic carbocycles. The van der Waals surface area contributed by atoms with Gasteiger partial charge in [-0.3, -0.25) is 9.59 Å². The molecule has 4 heterocycles. The predicted molar refractivity (Wildman–Crippen MR) is 198 cm³/mol. The van der Waals surface area contributed by atoms with E-state index in [9.17, 15) is 9.59 Å². The number of benzene rings is 6. The Morgan fingerprint density at radius 1 is 0.340 bits per heavy atom. The maximum atomic E-state index is 14.0. The lowest BCUT2D eigenvalue weighted by atomic mass is 10.0. The number of nitrogens with zero attached hydrogens (tertiary/aromatic N) is 6. The molecular formula is C42H24N6O2. The second kappa shape index (κ2) is 10.7. The number of para-hydroxylation sites is 2. The number of aromatic nitrogens is 6. The lowest BCUT2D eigenvalue weighted by Crippen LogP contribution is -2.19. The molecule has 0 saturated heterocycles. The zero-order valence-corrected chi connectivity index (χ0v) is 26.4. The lowest BCUT2D eigenvalue weighted by molar-refractivity contribution is 1.05. The molecule has 0 amide bonds. The summed E-state index contributed by atoms with van der Waals surface area (Å²) in [5.74, 6) is 1.07. The average Bonchev–Trinajstić information content (AvgIpc) is 3.18. The van der Waals surface area contributed by atoms with Crippen LogP contribution in [0.15, 0.2) is 155 Å². The van der Waals surface area contributed by atoms with E-state index in [0.717, 1.165) is 44.1 Å². The van der Waals surface area contributed by atoms with E-state index >= 15 is 0 Å². The lowest BCUT2D eigenvalue weighted by Gasteiger charge is -2.14. The van der Waals surface area contributed by atoms with E-state index in [-0.39, 0.29) is 11.1 Å². The Morgan fingerprint density at radius 2 is 0.720 bits per heavy atom. The van der Waals surface area contributed by atoms with E-state index in [1.54, 1.807) is 20.9 Å². The van der Waals surface area contributed by atoms with Crippen molar-refractivity contribution in [1.29, 1.82) is 0 Å². The molecular weight excluding hydrogens is 621 g/mol. The summed E-state index contributed by atoms with van der Waals surface area (Å²) in [5, 5.41) is 2.54. The van der Waals surface area contributed by atoms with Crippen LogP contribution >= 0.6 is 0 Å². The van der Waals surface area contributed by atoms with Gasteiger partial charge in [-0.2, -0.15) is 0 Å². The van der Waals surface area contributed by atoms with E-state index in [0.29, 0.717) is 44.7 Å². The van der Waals surface area contributed by atoms with Gasteiger partial charge < -0.3 is 0 Å². The van der Waals surface area contributed by atoms with Crippen molar-refractivity contribution in [1.82, 2.24) is 28.7 Å². The number of hydrogen-bond acceptors (Lipinski definition) is 6. The van der Waals surface area contributed by atoms with Gasteiger partial charge in [-0.1, -0.05) is 97.1 Å². The van der Waals surface area contributed by atoms with Gasteiger partial charge in [0.05, 0.1) is 32.8 Å². The van der Waals surface area contributed by atoms with E-state index in [4.69, 9.17) is 19.9 Å². The monoisotopic (exact) mass is 644 g/mol. The van der Waals surface area contributed by atoms with Gasteiger partial charge in [-0.15, -0.1) is 0 Å². The molecule has 50 heavy (non-hydrogen) atoms. The molecule has 10 aromatic rings. The highest BCUT2D eigenvalue weighted by Crippen LogP contribution is 2.32. The highest BCUT2D eigenvalue weighted by atomic mass is 16.1. The SMILES string of the molecule is O=c1c2ccccc2nc2c3cc(-c4ccc5nc(-c6ccccc6)n6c(=O)c7ccccc7nc6c5c4)ccc3nc(-c3ccccc3)n12. The van der Waals surface area contributed by atoms with Gasteiger partial charge in [0, 0.05) is 21.9 Å². The summed E-state index contributed by atoms with van der Waals surface area (Å²) in [5.41, 5.74) is 6.81. The fraction of sp³-hybridized carbons (Fsp3) is 0. The summed E-state index contributed by atoms with van der Waals surface area (Å²) < 4.78 is 3.24. The topological polar surface area (TPSA) is 94.5 Å². The van der Waals surface area contributed by atoms with Crippen LogP contribution in [0.2, 0.25) is 0 Å². The first-order valence-electron chi connectivity index (χ1n) is 16.2. The van der Waals surface area contributed by atoms with Crippen LogP contribution < -0.4 is 11.1 Å². The van der Waals surface area contributed by atoms with Gasteiger partial charge >= 0.3 is 0 Å². The van der Waals surface area contributed by atoms with Crippen molar-refractivity contribution in [2.45, 2.75) is 0 Å². The molecule has 0 radical (unpaired) electrons. The van der Waals surface area contributed by atoms with Gasteiger partial charge in [0.2, 0.25) is 0 Å². The van der Waals surface area contributed by atoms with Gasteiger partial charge in [0.1, 0.15) is 11.6 Å². The molecule has 0 bridgehead atoms. The zero-order chi connectivity index (χ0) is 33.3. The fourth-order valence-corrected chi connectivity index (χ4v) is 6.89. The molecule has 234 valence electrons. The minimum Gasteiger partial charge on any atom is -0.268 e. The van der Waals surface area contributed by atoms with Crippen molar-refractivity contribution in [2.24, 2.45) is 0 Å². The van der Waals surface area contributed by atoms with Crippen LogP contribution in [0, 0.1) is 0 Å². The smallest absolute Gasteiger partial charge is 0.267 e. The molecule has 4 aromatic heterocycles. The molecule has 0 saturated carbocycles. The standard InChI is InChI=1S/C42H24N6O2/c49-41-29-15-7-9-17-33(29)45-39-31-23-27(19-21-35(31)43-37(47(39)41)25-11-3-1-4-12-25)28-20-22-36-32(24-28)40-46-34-18-10-8-16-30(34)42(50)48(40)38(44-36)26-13-5-2-6-14-26/h1-24H. The highest BCUT2D eigenvalue weighted by molar-refractivity contribution is 6.01. The minimum absolute atomic E-state index is 0.175. The average molecular weight is 645 g/mol. The molecule has 8 nitrogen and oxygen atoms in total. The second-order valence-corrected chi connectivity index (χ2v) is 12.3. The fourth-order valence-electron chi connectivity index (χ4n) is 6.89.